The van der Waals surface area contributed by atoms with E-state index >= 15 is 0 Å². The third-order valence-electron chi connectivity index (χ3n) is 8.14. The molecular formula is C31H34F6N2O4. The highest BCUT2D eigenvalue weighted by molar-refractivity contribution is 5.96. The van der Waals surface area contributed by atoms with Crippen LogP contribution >= 0.6 is 0 Å². The Labute approximate surface area is 246 Å². The molecule has 234 valence electrons. The number of alkyl halides is 6. The summed E-state index contributed by atoms with van der Waals surface area (Å²) in [6.45, 7) is 5.39. The Morgan fingerprint density at radius 2 is 1.63 bits per heavy atom. The van der Waals surface area contributed by atoms with Crippen molar-refractivity contribution in [3.63, 3.8) is 0 Å². The molecule has 1 heterocycles. The standard InChI is InChI=1S/C31H34F6N2O4/c1-17(2)38(4)28(40)19-10-11-26(42-5)25(14-19)24-9-7-6-8-20(24)16-39-18(3)27(43-29(39)41)21-12-22(30(32,33)34)15-23(13-21)31(35,36)37/h10-15,17-18,27H,6-9,16H2,1-5H3/t18-,27-/m0/s1. The molecule has 2 aromatic rings. The average Bonchev–Trinajstić information content (AvgIpc) is 3.23. The number of hydrogen-bond acceptors (Lipinski definition) is 4. The number of benzene rings is 2. The number of methoxy groups -OCH3 is 1. The topological polar surface area (TPSA) is 59.1 Å². The molecule has 2 atom stereocenters. The zero-order chi connectivity index (χ0) is 31.9. The van der Waals surface area contributed by atoms with Gasteiger partial charge in [0.15, 0.2) is 0 Å². The van der Waals surface area contributed by atoms with E-state index in [-0.39, 0.29) is 30.1 Å². The molecule has 12 heteroatoms. The summed E-state index contributed by atoms with van der Waals surface area (Å²) in [4.78, 5) is 29.0. The van der Waals surface area contributed by atoms with Crippen LogP contribution in [0.1, 0.15) is 85.2 Å². The maximum atomic E-state index is 13.5. The monoisotopic (exact) mass is 612 g/mol. The van der Waals surface area contributed by atoms with Crippen LogP contribution in [0.25, 0.3) is 5.57 Å². The lowest BCUT2D eigenvalue weighted by Crippen LogP contribution is -2.34. The minimum atomic E-state index is -5.03. The van der Waals surface area contributed by atoms with E-state index in [0.29, 0.717) is 41.9 Å². The Morgan fingerprint density at radius 1 is 1.02 bits per heavy atom. The van der Waals surface area contributed by atoms with Crippen molar-refractivity contribution in [2.75, 3.05) is 20.7 Å². The molecule has 6 nitrogen and oxygen atoms in total. The lowest BCUT2D eigenvalue weighted by atomic mass is 9.85. The van der Waals surface area contributed by atoms with Crippen LogP contribution in [0, 0.1) is 0 Å². The third-order valence-corrected chi connectivity index (χ3v) is 8.14. The van der Waals surface area contributed by atoms with E-state index in [9.17, 15) is 35.9 Å². The minimum Gasteiger partial charge on any atom is -0.496 e. The van der Waals surface area contributed by atoms with Crippen LogP contribution in [0.2, 0.25) is 0 Å². The smallest absolute Gasteiger partial charge is 0.416 e. The van der Waals surface area contributed by atoms with Crippen molar-refractivity contribution in [2.24, 2.45) is 0 Å². The first-order chi connectivity index (χ1) is 20.0. The van der Waals surface area contributed by atoms with E-state index in [4.69, 9.17) is 9.47 Å². The summed E-state index contributed by atoms with van der Waals surface area (Å²) in [5.74, 6) is 0.368. The van der Waals surface area contributed by atoms with Crippen molar-refractivity contribution in [1.29, 1.82) is 0 Å². The van der Waals surface area contributed by atoms with Crippen molar-refractivity contribution in [2.45, 2.75) is 77.0 Å². The molecule has 0 N–H and O–H groups in total. The molecule has 2 amide bonds. The summed E-state index contributed by atoms with van der Waals surface area (Å²) < 4.78 is 91.9. The Hall–Kier alpha value is -3.70. The Bertz CT molecular complexity index is 1380. The number of halogens is 6. The summed E-state index contributed by atoms with van der Waals surface area (Å²) in [7, 11) is 3.22. The van der Waals surface area contributed by atoms with Crippen LogP contribution in [0.3, 0.4) is 0 Å². The van der Waals surface area contributed by atoms with Crippen molar-refractivity contribution in [3.05, 3.63) is 69.8 Å². The number of hydrogen-bond donors (Lipinski definition) is 0. The lowest BCUT2D eigenvalue weighted by Gasteiger charge is -2.28. The lowest BCUT2D eigenvalue weighted by molar-refractivity contribution is -0.143. The number of nitrogens with zero attached hydrogens (tertiary/aromatic N) is 2. The van der Waals surface area contributed by atoms with Crippen LogP contribution in [0.4, 0.5) is 31.1 Å². The van der Waals surface area contributed by atoms with Crippen molar-refractivity contribution in [3.8, 4) is 5.75 Å². The van der Waals surface area contributed by atoms with Gasteiger partial charge in [-0.25, -0.2) is 4.79 Å². The second-order valence-corrected chi connectivity index (χ2v) is 11.2. The molecule has 0 bridgehead atoms. The van der Waals surface area contributed by atoms with Gasteiger partial charge in [0.1, 0.15) is 11.9 Å². The van der Waals surface area contributed by atoms with Gasteiger partial charge in [0.05, 0.1) is 24.3 Å². The van der Waals surface area contributed by atoms with Crippen LogP contribution in [0.5, 0.6) is 5.75 Å². The van der Waals surface area contributed by atoms with Crippen LogP contribution in [-0.4, -0.2) is 54.6 Å². The zero-order valence-corrected chi connectivity index (χ0v) is 24.5. The van der Waals surface area contributed by atoms with Crippen LogP contribution in [-0.2, 0) is 17.1 Å². The Kier molecular flexibility index (Phi) is 9.08. The predicted octanol–water partition coefficient (Wildman–Crippen LogP) is 8.12. The molecular weight excluding hydrogens is 578 g/mol. The molecule has 43 heavy (non-hydrogen) atoms. The number of cyclic esters (lactones) is 1. The Morgan fingerprint density at radius 3 is 2.19 bits per heavy atom. The van der Waals surface area contributed by atoms with Gasteiger partial charge in [-0.2, -0.15) is 26.3 Å². The SMILES string of the molecule is COc1ccc(C(=O)N(C)C(C)C)cc1C1=C(CN2C(=O)O[C@H](c3cc(C(F)(F)F)cc(C(F)(F)F)c3)[C@@H]2C)CCCC1. The molecule has 0 radical (unpaired) electrons. The summed E-state index contributed by atoms with van der Waals surface area (Å²) in [5, 5.41) is 0. The predicted molar refractivity (Wildman–Crippen MR) is 147 cm³/mol. The van der Waals surface area contributed by atoms with E-state index < -0.39 is 41.7 Å². The maximum absolute atomic E-state index is 13.5. The van der Waals surface area contributed by atoms with E-state index in [1.54, 1.807) is 30.1 Å². The second-order valence-electron chi connectivity index (χ2n) is 11.2. The normalized spacial score (nSPS) is 19.6. The number of carbonyl (C=O) groups is 2. The fraction of sp³-hybridized carbons (Fsp3) is 0.484. The highest BCUT2D eigenvalue weighted by atomic mass is 19.4. The number of ether oxygens (including phenoxy) is 2. The van der Waals surface area contributed by atoms with Gasteiger partial charge in [0.25, 0.3) is 5.91 Å². The van der Waals surface area contributed by atoms with Gasteiger partial charge >= 0.3 is 18.4 Å². The van der Waals surface area contributed by atoms with Crippen LogP contribution < -0.4 is 4.74 Å². The Balaban J connectivity index is 1.70. The molecule has 0 spiro atoms. The van der Waals surface area contributed by atoms with E-state index in [2.05, 4.69) is 0 Å². The van der Waals surface area contributed by atoms with Crippen molar-refractivity contribution < 1.29 is 45.4 Å². The molecule has 1 fully saturated rings. The molecule has 2 aromatic carbocycles. The van der Waals surface area contributed by atoms with Gasteiger partial charge in [-0.05, 0) is 99.6 Å². The quantitative estimate of drug-likeness (QED) is 0.297. The van der Waals surface area contributed by atoms with Gasteiger partial charge in [0.2, 0.25) is 0 Å². The number of amides is 2. The zero-order valence-electron chi connectivity index (χ0n) is 24.5. The summed E-state index contributed by atoms with van der Waals surface area (Å²) >= 11 is 0. The first-order valence-corrected chi connectivity index (χ1v) is 14.0. The summed E-state index contributed by atoms with van der Waals surface area (Å²) in [5.41, 5.74) is -0.428. The number of allylic oxidation sites excluding steroid dienone is 1. The van der Waals surface area contributed by atoms with Gasteiger partial charge in [-0.15, -0.1) is 0 Å². The fourth-order valence-corrected chi connectivity index (χ4v) is 5.49. The molecule has 1 saturated heterocycles. The van der Waals surface area contributed by atoms with E-state index in [1.165, 1.54) is 18.9 Å². The van der Waals surface area contributed by atoms with Crippen LogP contribution in [0.15, 0.2) is 42.0 Å². The van der Waals surface area contributed by atoms with Crippen molar-refractivity contribution >= 4 is 17.6 Å². The molecule has 2 aliphatic rings. The highest BCUT2D eigenvalue weighted by Crippen LogP contribution is 2.43. The number of carbonyl (C=O) groups excluding carboxylic acids is 2. The van der Waals surface area contributed by atoms with Gasteiger partial charge < -0.3 is 14.4 Å². The summed E-state index contributed by atoms with van der Waals surface area (Å²) in [6.07, 6.45) is -9.33. The van der Waals surface area contributed by atoms with Gasteiger partial charge in [0, 0.05) is 30.8 Å². The minimum absolute atomic E-state index is 0.0258. The molecule has 0 unspecified atom stereocenters. The van der Waals surface area contributed by atoms with Gasteiger partial charge in [-0.1, -0.05) is 0 Å². The third kappa shape index (κ3) is 6.78. The fourth-order valence-electron chi connectivity index (χ4n) is 5.49. The molecule has 0 saturated carbocycles. The van der Waals surface area contributed by atoms with Gasteiger partial charge in [-0.3, -0.25) is 9.69 Å². The molecule has 0 aromatic heterocycles. The van der Waals surface area contributed by atoms with E-state index in [0.717, 1.165) is 24.0 Å². The molecule has 1 aliphatic carbocycles. The van der Waals surface area contributed by atoms with E-state index in [1.807, 2.05) is 13.8 Å². The maximum Gasteiger partial charge on any atom is 0.416 e. The second kappa shape index (κ2) is 12.1. The first-order valence-electron chi connectivity index (χ1n) is 14.0. The number of rotatable bonds is 7. The first kappa shape index (κ1) is 32.2. The highest BCUT2D eigenvalue weighted by Gasteiger charge is 2.43. The summed E-state index contributed by atoms with van der Waals surface area (Å²) in [6, 6.07) is 5.51. The average molecular weight is 613 g/mol. The molecule has 1 aliphatic heterocycles. The van der Waals surface area contributed by atoms with Crippen molar-refractivity contribution in [1.82, 2.24) is 9.80 Å². The molecule has 4 rings (SSSR count). The largest absolute Gasteiger partial charge is 0.496 e.